The normalized spacial score (nSPS) is 16.4. The summed E-state index contributed by atoms with van der Waals surface area (Å²) in [5.41, 5.74) is 2.19. The first-order valence-electron chi connectivity index (χ1n) is 9.54. The number of carbonyl (C=O) groups is 2. The summed E-state index contributed by atoms with van der Waals surface area (Å²) in [5.74, 6) is -0.367. The minimum atomic E-state index is -0.236. The lowest BCUT2D eigenvalue weighted by molar-refractivity contribution is -0.121. The van der Waals surface area contributed by atoms with Gasteiger partial charge in [-0.05, 0) is 55.3 Å². The Morgan fingerprint density at radius 2 is 1.97 bits per heavy atom. The van der Waals surface area contributed by atoms with Crippen LogP contribution in [0.4, 0.5) is 5.69 Å². The van der Waals surface area contributed by atoms with Crippen molar-refractivity contribution in [1.82, 2.24) is 14.5 Å². The number of carbonyl (C=O) groups excluding carboxylic acids is 2. The van der Waals surface area contributed by atoms with E-state index in [0.29, 0.717) is 29.4 Å². The Morgan fingerprint density at radius 3 is 2.72 bits per heavy atom. The molecule has 4 rings (SSSR count). The predicted molar refractivity (Wildman–Crippen MR) is 112 cm³/mol. The molecule has 1 fully saturated rings. The van der Waals surface area contributed by atoms with Crippen LogP contribution in [0.2, 0.25) is 5.02 Å². The number of hydrogen-bond donors (Lipinski definition) is 1. The number of imidazole rings is 1. The zero-order valence-corrected chi connectivity index (χ0v) is 16.5. The van der Waals surface area contributed by atoms with Crippen LogP contribution in [0.5, 0.6) is 0 Å². The van der Waals surface area contributed by atoms with Crippen molar-refractivity contribution in [3.63, 3.8) is 0 Å². The number of rotatable bonds is 4. The second-order valence-corrected chi connectivity index (χ2v) is 7.54. The van der Waals surface area contributed by atoms with E-state index in [-0.39, 0.29) is 17.7 Å². The zero-order valence-electron chi connectivity index (χ0n) is 15.8. The molecule has 0 bridgehead atoms. The Kier molecular flexibility index (Phi) is 5.62. The molecule has 2 amide bonds. The minimum absolute atomic E-state index is 0.0593. The molecule has 0 saturated carbocycles. The smallest absolute Gasteiger partial charge is 0.253 e. The van der Waals surface area contributed by atoms with E-state index in [1.807, 2.05) is 29.0 Å². The van der Waals surface area contributed by atoms with Crippen molar-refractivity contribution in [2.24, 2.45) is 5.92 Å². The molecule has 2 heterocycles. The summed E-state index contributed by atoms with van der Waals surface area (Å²) in [6, 6.07) is 14.5. The summed E-state index contributed by atoms with van der Waals surface area (Å²) < 4.78 is 1.86. The van der Waals surface area contributed by atoms with Crippen LogP contribution in [-0.4, -0.2) is 39.4 Å². The zero-order chi connectivity index (χ0) is 20.2. The molecule has 1 aromatic heterocycles. The molecular weight excluding hydrogens is 388 g/mol. The van der Waals surface area contributed by atoms with Gasteiger partial charge in [0.05, 0.1) is 12.2 Å². The quantitative estimate of drug-likeness (QED) is 0.709. The maximum absolute atomic E-state index is 13.0. The lowest BCUT2D eigenvalue weighted by Gasteiger charge is -2.32. The van der Waals surface area contributed by atoms with Crippen LogP contribution in [-0.2, 0) is 4.79 Å². The van der Waals surface area contributed by atoms with E-state index in [1.165, 1.54) is 0 Å². The summed E-state index contributed by atoms with van der Waals surface area (Å²) in [7, 11) is 0. The topological polar surface area (TPSA) is 67.2 Å². The van der Waals surface area contributed by atoms with Crippen LogP contribution in [0.15, 0.2) is 67.3 Å². The molecule has 0 spiro atoms. The summed E-state index contributed by atoms with van der Waals surface area (Å²) in [4.78, 5) is 31.5. The van der Waals surface area contributed by atoms with Crippen LogP contribution >= 0.6 is 11.6 Å². The van der Waals surface area contributed by atoms with Gasteiger partial charge < -0.3 is 14.8 Å². The first-order valence-corrected chi connectivity index (χ1v) is 9.92. The molecule has 1 aliphatic heterocycles. The molecular formula is C22H21ClN4O2. The van der Waals surface area contributed by atoms with Gasteiger partial charge in [-0.25, -0.2) is 4.98 Å². The molecule has 148 valence electrons. The van der Waals surface area contributed by atoms with Gasteiger partial charge in [0.1, 0.15) is 0 Å². The summed E-state index contributed by atoms with van der Waals surface area (Å²) in [5, 5.41) is 3.54. The number of nitrogens with zero attached hydrogens (tertiary/aromatic N) is 3. The maximum atomic E-state index is 13.0. The molecule has 1 aliphatic rings. The molecule has 2 aromatic carbocycles. The Hall–Kier alpha value is -3.12. The van der Waals surface area contributed by atoms with E-state index in [4.69, 9.17) is 11.6 Å². The van der Waals surface area contributed by atoms with Crippen molar-refractivity contribution in [2.75, 3.05) is 18.4 Å². The number of likely N-dealkylation sites (tertiary alicyclic amines) is 1. The fourth-order valence-corrected chi connectivity index (χ4v) is 3.67. The van der Waals surface area contributed by atoms with Crippen LogP contribution in [0.1, 0.15) is 23.2 Å². The number of anilines is 1. The van der Waals surface area contributed by atoms with E-state index in [2.05, 4.69) is 10.3 Å². The SMILES string of the molecule is O=C(Nc1ccc(Cl)cc1)C1CCCN(C(=O)c2cccc(-n3ccnc3)c2)C1. The first-order chi connectivity index (χ1) is 14.1. The third kappa shape index (κ3) is 4.49. The standard InChI is InChI=1S/C22H21ClN4O2/c23-18-6-8-19(9-7-18)25-21(28)17-4-2-11-26(14-17)22(29)16-3-1-5-20(13-16)27-12-10-24-15-27/h1,3,5-10,12-13,15,17H,2,4,11,14H2,(H,25,28). The van der Waals surface area contributed by atoms with Crippen LogP contribution in [0.3, 0.4) is 0 Å². The van der Waals surface area contributed by atoms with Crippen molar-refractivity contribution < 1.29 is 9.59 Å². The van der Waals surface area contributed by atoms with Crippen molar-refractivity contribution in [2.45, 2.75) is 12.8 Å². The van der Waals surface area contributed by atoms with E-state index < -0.39 is 0 Å². The lowest BCUT2D eigenvalue weighted by atomic mass is 9.96. The Bertz CT molecular complexity index is 1000. The fraction of sp³-hybridized carbons (Fsp3) is 0.227. The monoisotopic (exact) mass is 408 g/mol. The van der Waals surface area contributed by atoms with Crippen molar-refractivity contribution >= 4 is 29.1 Å². The van der Waals surface area contributed by atoms with Crippen molar-refractivity contribution in [3.05, 3.63) is 77.8 Å². The number of benzene rings is 2. The van der Waals surface area contributed by atoms with E-state index in [9.17, 15) is 9.59 Å². The molecule has 6 nitrogen and oxygen atoms in total. The molecule has 0 aliphatic carbocycles. The highest BCUT2D eigenvalue weighted by atomic mass is 35.5. The highest BCUT2D eigenvalue weighted by molar-refractivity contribution is 6.30. The van der Waals surface area contributed by atoms with Gasteiger partial charge in [-0.1, -0.05) is 17.7 Å². The number of amides is 2. The van der Waals surface area contributed by atoms with Gasteiger partial charge in [-0.3, -0.25) is 9.59 Å². The minimum Gasteiger partial charge on any atom is -0.338 e. The number of nitrogens with one attached hydrogen (secondary N) is 1. The van der Waals surface area contributed by atoms with Crippen molar-refractivity contribution in [1.29, 1.82) is 0 Å². The third-order valence-corrected chi connectivity index (χ3v) is 5.34. The van der Waals surface area contributed by atoms with E-state index in [0.717, 1.165) is 18.5 Å². The highest BCUT2D eigenvalue weighted by Gasteiger charge is 2.29. The summed E-state index contributed by atoms with van der Waals surface area (Å²) in [6.45, 7) is 1.06. The second kappa shape index (κ2) is 8.49. The summed E-state index contributed by atoms with van der Waals surface area (Å²) >= 11 is 5.89. The first kappa shape index (κ1) is 19.2. The van der Waals surface area contributed by atoms with Gasteiger partial charge in [-0.2, -0.15) is 0 Å². The third-order valence-electron chi connectivity index (χ3n) is 5.09. The average molecular weight is 409 g/mol. The molecule has 1 unspecified atom stereocenters. The molecule has 1 N–H and O–H groups in total. The van der Waals surface area contributed by atoms with E-state index >= 15 is 0 Å². The van der Waals surface area contributed by atoms with Gasteiger partial charge in [0.25, 0.3) is 5.91 Å². The van der Waals surface area contributed by atoms with Crippen LogP contribution in [0, 0.1) is 5.92 Å². The summed E-state index contributed by atoms with van der Waals surface area (Å²) in [6.07, 6.45) is 6.79. The fourth-order valence-electron chi connectivity index (χ4n) is 3.55. The van der Waals surface area contributed by atoms with Crippen molar-refractivity contribution in [3.8, 4) is 5.69 Å². The molecule has 3 aromatic rings. The molecule has 1 atom stereocenters. The Morgan fingerprint density at radius 1 is 1.14 bits per heavy atom. The van der Waals surface area contributed by atoms with Gasteiger partial charge in [-0.15, -0.1) is 0 Å². The number of halogens is 1. The Labute approximate surface area is 174 Å². The highest BCUT2D eigenvalue weighted by Crippen LogP contribution is 2.22. The largest absolute Gasteiger partial charge is 0.338 e. The molecule has 0 radical (unpaired) electrons. The Balaban J connectivity index is 1.44. The van der Waals surface area contributed by atoms with Crippen LogP contribution in [0.25, 0.3) is 5.69 Å². The predicted octanol–water partition coefficient (Wildman–Crippen LogP) is 4.02. The number of piperidine rings is 1. The van der Waals surface area contributed by atoms with Gasteiger partial charge in [0, 0.05) is 47.4 Å². The lowest BCUT2D eigenvalue weighted by Crippen LogP contribution is -2.43. The van der Waals surface area contributed by atoms with Crippen LogP contribution < -0.4 is 5.32 Å². The molecule has 1 saturated heterocycles. The maximum Gasteiger partial charge on any atom is 0.253 e. The van der Waals surface area contributed by atoms with E-state index in [1.54, 1.807) is 47.8 Å². The molecule has 29 heavy (non-hydrogen) atoms. The average Bonchev–Trinajstić information content (AvgIpc) is 3.30. The second-order valence-electron chi connectivity index (χ2n) is 7.11. The number of hydrogen-bond acceptors (Lipinski definition) is 3. The molecule has 7 heteroatoms. The van der Waals surface area contributed by atoms with Gasteiger partial charge in [0.2, 0.25) is 5.91 Å². The van der Waals surface area contributed by atoms with Gasteiger partial charge >= 0.3 is 0 Å². The van der Waals surface area contributed by atoms with Gasteiger partial charge in [0.15, 0.2) is 0 Å². The number of aromatic nitrogens is 2.